The van der Waals surface area contributed by atoms with Crippen LogP contribution in [0.3, 0.4) is 0 Å². The Balaban J connectivity index is 1.80. The molecule has 5 nitrogen and oxygen atoms in total. The summed E-state index contributed by atoms with van der Waals surface area (Å²) in [5.74, 6) is 4.01. The molecule has 0 unspecified atom stereocenters. The average Bonchev–Trinajstić information content (AvgIpc) is 2.89. The van der Waals surface area contributed by atoms with E-state index in [2.05, 4.69) is 38.1 Å². The van der Waals surface area contributed by atoms with Gasteiger partial charge in [-0.3, -0.25) is 9.63 Å². The molecular weight excluding hydrogens is 378 g/mol. The lowest BCUT2D eigenvalue weighted by Crippen LogP contribution is -2.53. The fourth-order valence-corrected chi connectivity index (χ4v) is 7.00. The molecule has 0 spiro atoms. The number of hydrogen-bond donors (Lipinski definition) is 0. The van der Waals surface area contributed by atoms with Gasteiger partial charge in [0.05, 0.1) is 0 Å². The van der Waals surface area contributed by atoms with Crippen LogP contribution in [-0.2, 0) is 9.63 Å². The topological polar surface area (TPSA) is 69.4 Å². The van der Waals surface area contributed by atoms with Crippen molar-refractivity contribution >= 4 is 17.4 Å². The number of allylic oxidation sites excluding steroid dienone is 4. The van der Waals surface area contributed by atoms with Crippen LogP contribution in [0, 0.1) is 50.0 Å². The van der Waals surface area contributed by atoms with Gasteiger partial charge in [-0.05, 0) is 67.5 Å². The van der Waals surface area contributed by atoms with E-state index in [9.17, 15) is 14.9 Å². The van der Waals surface area contributed by atoms with E-state index >= 15 is 0 Å². The highest BCUT2D eigenvalue weighted by molar-refractivity contribution is 6.30. The summed E-state index contributed by atoms with van der Waals surface area (Å²) in [6.45, 7) is 6.56. The second-order valence-electron chi connectivity index (χ2n) is 9.43. The van der Waals surface area contributed by atoms with Crippen molar-refractivity contribution in [1.29, 1.82) is 0 Å². The van der Waals surface area contributed by atoms with Crippen molar-refractivity contribution in [3.05, 3.63) is 33.4 Å². The summed E-state index contributed by atoms with van der Waals surface area (Å²) >= 11 is 5.72. The Kier molecular flexibility index (Phi) is 4.43. The minimum atomic E-state index is -1.16. The van der Waals surface area contributed by atoms with Gasteiger partial charge in [-0.15, -0.1) is 10.1 Å². The van der Waals surface area contributed by atoms with Crippen LogP contribution < -0.4 is 0 Å². The zero-order valence-electron chi connectivity index (χ0n) is 16.6. The first kappa shape index (κ1) is 19.5. The number of carbonyl (C=O) groups excluding carboxylic acids is 1. The highest BCUT2D eigenvalue weighted by Gasteiger charge is 2.64. The van der Waals surface area contributed by atoms with E-state index < -0.39 is 16.1 Å². The normalized spacial score (nSPS) is 44.1. The lowest BCUT2D eigenvalue weighted by atomic mass is 9.49. The maximum absolute atomic E-state index is 12.1. The number of halogens is 1. The Bertz CT molecular complexity index is 867. The fourth-order valence-electron chi connectivity index (χ4n) is 6.85. The molecule has 4 rings (SSSR count). The lowest BCUT2D eigenvalue weighted by Gasteiger charge is -2.55. The third-order valence-corrected chi connectivity index (χ3v) is 8.35. The van der Waals surface area contributed by atoms with Gasteiger partial charge in [0.25, 0.3) is 5.09 Å². The Labute approximate surface area is 170 Å². The van der Waals surface area contributed by atoms with Gasteiger partial charge in [-0.2, -0.15) is 0 Å². The average molecular weight is 404 g/mol. The van der Waals surface area contributed by atoms with Crippen molar-refractivity contribution in [2.45, 2.75) is 64.9 Å². The fraction of sp³-hybridized carbons (Fsp3) is 0.682. The predicted octanol–water partition coefficient (Wildman–Crippen LogP) is 4.83. The molecule has 0 N–H and O–H groups in total. The number of nitrogens with zero attached hydrogens (tertiary/aromatic N) is 1. The summed E-state index contributed by atoms with van der Waals surface area (Å²) in [6, 6.07) is 0. The molecule has 6 atom stereocenters. The van der Waals surface area contributed by atoms with Crippen LogP contribution >= 0.6 is 11.6 Å². The molecule has 6 heteroatoms. The first-order valence-electron chi connectivity index (χ1n) is 10.1. The van der Waals surface area contributed by atoms with E-state index in [1.165, 1.54) is 11.1 Å². The van der Waals surface area contributed by atoms with E-state index in [-0.39, 0.29) is 17.1 Å². The lowest BCUT2D eigenvalue weighted by molar-refractivity contribution is -0.780. The van der Waals surface area contributed by atoms with Gasteiger partial charge in [-0.1, -0.05) is 43.9 Å². The smallest absolute Gasteiger partial charge is 0.295 e. The summed E-state index contributed by atoms with van der Waals surface area (Å²) in [5, 5.41) is 12.9. The van der Waals surface area contributed by atoms with Crippen LogP contribution in [0.25, 0.3) is 0 Å². The van der Waals surface area contributed by atoms with Crippen LogP contribution in [0.4, 0.5) is 0 Å². The predicted molar refractivity (Wildman–Crippen MR) is 106 cm³/mol. The summed E-state index contributed by atoms with van der Waals surface area (Å²) in [5.41, 5.74) is 0.986. The highest BCUT2D eigenvalue weighted by atomic mass is 35.5. The molecule has 0 radical (unpaired) electrons. The van der Waals surface area contributed by atoms with Crippen molar-refractivity contribution in [1.82, 2.24) is 0 Å². The summed E-state index contributed by atoms with van der Waals surface area (Å²) in [4.78, 5) is 28.6. The number of carbonyl (C=O) groups is 1. The van der Waals surface area contributed by atoms with Crippen molar-refractivity contribution in [2.24, 2.45) is 28.6 Å². The van der Waals surface area contributed by atoms with Crippen molar-refractivity contribution in [2.75, 3.05) is 0 Å². The maximum atomic E-state index is 12.1. The molecule has 0 aromatic heterocycles. The zero-order chi connectivity index (χ0) is 20.3. The highest BCUT2D eigenvalue weighted by Crippen LogP contribution is 2.66. The van der Waals surface area contributed by atoms with Gasteiger partial charge >= 0.3 is 0 Å². The zero-order valence-corrected chi connectivity index (χ0v) is 17.3. The Morgan fingerprint density at radius 2 is 2.07 bits per heavy atom. The Morgan fingerprint density at radius 3 is 2.75 bits per heavy atom. The molecule has 4 aliphatic carbocycles. The van der Waals surface area contributed by atoms with Crippen LogP contribution in [-0.4, -0.2) is 16.5 Å². The van der Waals surface area contributed by atoms with E-state index in [0.29, 0.717) is 31.1 Å². The molecule has 0 aromatic rings. The minimum Gasteiger partial charge on any atom is -0.295 e. The standard InChI is InChI=1S/C22H26ClNO4/c1-14-12-16-17(20(2)7-4-15(25)13-19(14)20)5-8-21(3)18(16)6-9-22(21,10-11-23)28-24(26)27/h5,13-14,16,18H,4,6-9,12H2,1-3H3/t14-,16+,18-,20+,21-,22+/m0/s1. The molecule has 2 fully saturated rings. The van der Waals surface area contributed by atoms with Crippen LogP contribution in [0.5, 0.6) is 0 Å². The molecule has 4 aliphatic rings. The quantitative estimate of drug-likeness (QED) is 0.286. The number of ketones is 1. The summed E-state index contributed by atoms with van der Waals surface area (Å²) in [7, 11) is 0. The van der Waals surface area contributed by atoms with Gasteiger partial charge in [0.15, 0.2) is 11.4 Å². The van der Waals surface area contributed by atoms with E-state index in [1.54, 1.807) is 0 Å². The largest absolute Gasteiger partial charge is 0.296 e. The summed E-state index contributed by atoms with van der Waals surface area (Å²) < 4.78 is 0. The van der Waals surface area contributed by atoms with Gasteiger partial charge in [0.2, 0.25) is 0 Å². The molecular formula is C22H26ClNO4. The third kappa shape index (κ3) is 2.50. The minimum absolute atomic E-state index is 0.0784. The van der Waals surface area contributed by atoms with Crippen molar-refractivity contribution in [3.8, 4) is 11.3 Å². The van der Waals surface area contributed by atoms with Crippen LogP contribution in [0.1, 0.15) is 59.3 Å². The van der Waals surface area contributed by atoms with Crippen LogP contribution in [0.2, 0.25) is 0 Å². The van der Waals surface area contributed by atoms with Crippen LogP contribution in [0.15, 0.2) is 23.3 Å². The molecule has 150 valence electrons. The first-order valence-corrected chi connectivity index (χ1v) is 10.5. The SMILES string of the molecule is C[C@H]1C[C@@H]2C(=CC[C@@]3(C)[C@H]2CC[C@]3(C#CCl)O[N+](=O)[O-])[C@@]2(C)CCC(=O)C=C12. The molecule has 0 saturated heterocycles. The van der Waals surface area contributed by atoms with Crippen molar-refractivity contribution < 1.29 is 14.7 Å². The monoisotopic (exact) mass is 403 g/mol. The molecule has 0 amide bonds. The van der Waals surface area contributed by atoms with Gasteiger partial charge < -0.3 is 0 Å². The second kappa shape index (κ2) is 6.35. The number of rotatable bonds is 2. The molecule has 0 bridgehead atoms. The van der Waals surface area contributed by atoms with Gasteiger partial charge in [0.1, 0.15) is 0 Å². The van der Waals surface area contributed by atoms with Crippen molar-refractivity contribution in [3.63, 3.8) is 0 Å². The summed E-state index contributed by atoms with van der Waals surface area (Å²) in [6.07, 6.45) is 8.58. The van der Waals surface area contributed by atoms with E-state index in [4.69, 9.17) is 16.4 Å². The molecule has 0 aliphatic heterocycles. The van der Waals surface area contributed by atoms with Gasteiger partial charge in [0, 0.05) is 22.6 Å². The van der Waals surface area contributed by atoms with E-state index in [0.717, 1.165) is 19.3 Å². The molecule has 0 heterocycles. The molecule has 0 aromatic carbocycles. The van der Waals surface area contributed by atoms with Gasteiger partial charge in [-0.25, -0.2) is 0 Å². The number of fused-ring (bicyclic) bond motifs is 5. The number of hydrogen-bond acceptors (Lipinski definition) is 4. The molecule has 28 heavy (non-hydrogen) atoms. The second-order valence-corrected chi connectivity index (χ2v) is 9.62. The Hall–Kier alpha value is -1.80. The maximum Gasteiger partial charge on any atom is 0.296 e. The molecule has 2 saturated carbocycles. The first-order chi connectivity index (χ1) is 13.2. The van der Waals surface area contributed by atoms with E-state index in [1.807, 2.05) is 6.08 Å². The Morgan fingerprint density at radius 1 is 1.32 bits per heavy atom. The third-order valence-electron chi connectivity index (χ3n) is 8.26.